The summed E-state index contributed by atoms with van der Waals surface area (Å²) in [6, 6.07) is 5.78. The van der Waals surface area contributed by atoms with Crippen LogP contribution < -0.4 is 11.5 Å². The van der Waals surface area contributed by atoms with Crippen molar-refractivity contribution < 1.29 is 14.6 Å². The number of guanidine groups is 1. The molecule has 0 saturated carbocycles. The van der Waals surface area contributed by atoms with Gasteiger partial charge in [0.1, 0.15) is 11.9 Å². The van der Waals surface area contributed by atoms with Gasteiger partial charge < -0.3 is 21.3 Å². The monoisotopic (exact) mass is 237 g/mol. The average Bonchev–Trinajstić information content (AvgIpc) is 2.27. The largest absolute Gasteiger partial charge is 0.508 e. The molecule has 1 atom stereocenters. The molecule has 92 valence electrons. The number of hydrogen-bond donors (Lipinski definition) is 3. The number of aromatic hydroxyl groups is 1. The van der Waals surface area contributed by atoms with Crippen LogP contribution in [0.25, 0.3) is 0 Å². The Balaban J connectivity index is 2.54. The lowest BCUT2D eigenvalue weighted by Crippen LogP contribution is -2.26. The molecule has 0 heterocycles. The second-order valence-corrected chi connectivity index (χ2v) is 3.53. The molecule has 6 heteroatoms. The maximum Gasteiger partial charge on any atom is 0.338 e. The molecule has 0 fully saturated rings. The lowest BCUT2D eigenvalue weighted by Gasteiger charge is -2.10. The summed E-state index contributed by atoms with van der Waals surface area (Å²) in [7, 11) is 0. The van der Waals surface area contributed by atoms with Crippen LogP contribution in [0, 0.1) is 0 Å². The van der Waals surface area contributed by atoms with Gasteiger partial charge in [-0.15, -0.1) is 0 Å². The zero-order chi connectivity index (χ0) is 12.8. The predicted molar refractivity (Wildman–Crippen MR) is 63.7 cm³/mol. The molecular weight excluding hydrogens is 222 g/mol. The van der Waals surface area contributed by atoms with Crippen molar-refractivity contribution in [3.8, 4) is 5.75 Å². The van der Waals surface area contributed by atoms with Crippen LogP contribution in [0.1, 0.15) is 17.3 Å². The zero-order valence-electron chi connectivity index (χ0n) is 9.46. The van der Waals surface area contributed by atoms with E-state index in [9.17, 15) is 4.79 Å². The first-order valence-electron chi connectivity index (χ1n) is 5.04. The number of phenols is 1. The SMILES string of the molecule is CC(CN=C(N)N)OC(=O)c1ccc(O)cc1. The first-order valence-corrected chi connectivity index (χ1v) is 5.04. The number of rotatable bonds is 4. The molecule has 0 saturated heterocycles. The van der Waals surface area contributed by atoms with E-state index in [1.165, 1.54) is 24.3 Å². The summed E-state index contributed by atoms with van der Waals surface area (Å²) in [5, 5.41) is 9.07. The Hall–Kier alpha value is -2.24. The highest BCUT2D eigenvalue weighted by Crippen LogP contribution is 2.11. The van der Waals surface area contributed by atoms with Gasteiger partial charge in [-0.1, -0.05) is 0 Å². The fourth-order valence-electron chi connectivity index (χ4n) is 1.12. The van der Waals surface area contributed by atoms with Crippen LogP contribution in [-0.2, 0) is 4.74 Å². The van der Waals surface area contributed by atoms with Crippen molar-refractivity contribution in [1.82, 2.24) is 0 Å². The van der Waals surface area contributed by atoms with Crippen LogP contribution in [0.2, 0.25) is 0 Å². The number of nitrogens with two attached hydrogens (primary N) is 2. The highest BCUT2D eigenvalue weighted by molar-refractivity contribution is 5.89. The van der Waals surface area contributed by atoms with Gasteiger partial charge in [-0.05, 0) is 31.2 Å². The number of carbonyl (C=O) groups is 1. The summed E-state index contributed by atoms with van der Waals surface area (Å²) < 4.78 is 5.09. The fourth-order valence-corrected chi connectivity index (χ4v) is 1.12. The number of phenolic OH excluding ortho intramolecular Hbond substituents is 1. The zero-order valence-corrected chi connectivity index (χ0v) is 9.46. The molecular formula is C11H15N3O3. The summed E-state index contributed by atoms with van der Waals surface area (Å²) in [5.74, 6) is -0.434. The quantitative estimate of drug-likeness (QED) is 0.394. The van der Waals surface area contributed by atoms with E-state index < -0.39 is 12.1 Å². The Morgan fingerprint density at radius 3 is 2.53 bits per heavy atom. The smallest absolute Gasteiger partial charge is 0.338 e. The normalized spacial score (nSPS) is 11.6. The Labute approximate surface area is 98.9 Å². The van der Waals surface area contributed by atoms with E-state index in [1.54, 1.807) is 6.92 Å². The second kappa shape index (κ2) is 5.74. The molecule has 0 bridgehead atoms. The molecule has 1 unspecified atom stereocenters. The van der Waals surface area contributed by atoms with Crippen molar-refractivity contribution in [1.29, 1.82) is 0 Å². The summed E-state index contributed by atoms with van der Waals surface area (Å²) in [4.78, 5) is 15.3. The molecule has 0 aliphatic rings. The lowest BCUT2D eigenvalue weighted by atomic mass is 10.2. The standard InChI is InChI=1S/C11H15N3O3/c1-7(6-14-11(12)13)17-10(16)8-2-4-9(15)5-3-8/h2-5,7,15H,6H2,1H3,(H4,12,13,14). The van der Waals surface area contributed by atoms with Gasteiger partial charge in [0.15, 0.2) is 5.96 Å². The summed E-state index contributed by atoms with van der Waals surface area (Å²) in [5.41, 5.74) is 10.7. The molecule has 17 heavy (non-hydrogen) atoms. The Morgan fingerprint density at radius 2 is 2.00 bits per heavy atom. The molecule has 0 radical (unpaired) electrons. The first kappa shape index (κ1) is 12.8. The highest BCUT2D eigenvalue weighted by atomic mass is 16.5. The first-order chi connectivity index (χ1) is 7.99. The average molecular weight is 237 g/mol. The minimum absolute atomic E-state index is 0.0440. The molecule has 0 aromatic heterocycles. The van der Waals surface area contributed by atoms with E-state index in [0.717, 1.165) is 0 Å². The number of carbonyl (C=O) groups excluding carboxylic acids is 1. The second-order valence-electron chi connectivity index (χ2n) is 3.53. The summed E-state index contributed by atoms with van der Waals surface area (Å²) in [6.45, 7) is 1.90. The molecule has 5 N–H and O–H groups in total. The number of aliphatic imine (C=N–C) groups is 1. The van der Waals surface area contributed by atoms with Crippen LogP contribution in [0.15, 0.2) is 29.3 Å². The topological polar surface area (TPSA) is 111 Å². The van der Waals surface area contributed by atoms with E-state index >= 15 is 0 Å². The molecule has 0 aliphatic carbocycles. The third-order valence-electron chi connectivity index (χ3n) is 1.94. The van der Waals surface area contributed by atoms with Crippen molar-refractivity contribution in [2.45, 2.75) is 13.0 Å². The van der Waals surface area contributed by atoms with Crippen LogP contribution in [-0.4, -0.2) is 29.7 Å². The Kier molecular flexibility index (Phi) is 4.33. The van der Waals surface area contributed by atoms with Crippen LogP contribution in [0.3, 0.4) is 0 Å². The van der Waals surface area contributed by atoms with E-state index in [4.69, 9.17) is 21.3 Å². The van der Waals surface area contributed by atoms with Gasteiger partial charge in [0.2, 0.25) is 0 Å². The number of benzene rings is 1. The Morgan fingerprint density at radius 1 is 1.41 bits per heavy atom. The maximum absolute atomic E-state index is 11.6. The van der Waals surface area contributed by atoms with Crippen molar-refractivity contribution in [2.24, 2.45) is 16.5 Å². The third kappa shape index (κ3) is 4.42. The predicted octanol–water partition coefficient (Wildman–Crippen LogP) is 0.211. The van der Waals surface area contributed by atoms with E-state index in [2.05, 4.69) is 4.99 Å². The molecule has 1 rings (SSSR count). The number of esters is 1. The Bertz CT molecular complexity index is 410. The van der Waals surface area contributed by atoms with Crippen molar-refractivity contribution in [3.05, 3.63) is 29.8 Å². The van der Waals surface area contributed by atoms with Gasteiger partial charge in [0.25, 0.3) is 0 Å². The van der Waals surface area contributed by atoms with Gasteiger partial charge in [-0.3, -0.25) is 0 Å². The van der Waals surface area contributed by atoms with Gasteiger partial charge >= 0.3 is 5.97 Å². The molecule has 0 amide bonds. The maximum atomic E-state index is 11.6. The number of nitrogens with zero attached hydrogens (tertiary/aromatic N) is 1. The molecule has 0 aliphatic heterocycles. The molecule has 0 spiro atoms. The molecule has 1 aromatic rings. The molecule has 6 nitrogen and oxygen atoms in total. The third-order valence-corrected chi connectivity index (χ3v) is 1.94. The van der Waals surface area contributed by atoms with Gasteiger partial charge in [-0.25, -0.2) is 9.79 Å². The fraction of sp³-hybridized carbons (Fsp3) is 0.273. The minimum Gasteiger partial charge on any atom is -0.508 e. The van der Waals surface area contributed by atoms with Crippen molar-refractivity contribution in [2.75, 3.05) is 6.54 Å². The van der Waals surface area contributed by atoms with Crippen molar-refractivity contribution in [3.63, 3.8) is 0 Å². The van der Waals surface area contributed by atoms with Crippen LogP contribution in [0.4, 0.5) is 0 Å². The summed E-state index contributed by atoms with van der Waals surface area (Å²) in [6.07, 6.45) is -0.418. The molecule has 1 aromatic carbocycles. The van der Waals surface area contributed by atoms with E-state index in [-0.39, 0.29) is 18.3 Å². The number of hydrogen-bond acceptors (Lipinski definition) is 4. The highest BCUT2D eigenvalue weighted by Gasteiger charge is 2.11. The van der Waals surface area contributed by atoms with Gasteiger partial charge in [0, 0.05) is 0 Å². The lowest BCUT2D eigenvalue weighted by molar-refractivity contribution is 0.0360. The van der Waals surface area contributed by atoms with E-state index in [0.29, 0.717) is 5.56 Å². The van der Waals surface area contributed by atoms with Gasteiger partial charge in [-0.2, -0.15) is 0 Å². The van der Waals surface area contributed by atoms with Crippen molar-refractivity contribution >= 4 is 11.9 Å². The van der Waals surface area contributed by atoms with Crippen LogP contribution >= 0.6 is 0 Å². The summed E-state index contributed by atoms with van der Waals surface area (Å²) >= 11 is 0. The number of ether oxygens (including phenoxy) is 1. The van der Waals surface area contributed by atoms with Gasteiger partial charge in [0.05, 0.1) is 12.1 Å². The van der Waals surface area contributed by atoms with Crippen LogP contribution in [0.5, 0.6) is 5.75 Å². The van der Waals surface area contributed by atoms with E-state index in [1.807, 2.05) is 0 Å². The minimum atomic E-state index is -0.483.